The topological polar surface area (TPSA) is 25.8 Å². The van der Waals surface area contributed by atoms with Crippen LogP contribution in [-0.4, -0.2) is 9.97 Å². The highest BCUT2D eigenvalue weighted by Gasteiger charge is 2.39. The van der Waals surface area contributed by atoms with E-state index in [0.717, 1.165) is 32.8 Å². The lowest BCUT2D eigenvalue weighted by molar-refractivity contribution is 0.658. The summed E-state index contributed by atoms with van der Waals surface area (Å²) in [5.41, 5.74) is 7.78. The van der Waals surface area contributed by atoms with Crippen LogP contribution >= 0.6 is 15.9 Å². The van der Waals surface area contributed by atoms with Gasteiger partial charge in [-0.2, -0.15) is 0 Å². The first-order valence-electron chi connectivity index (χ1n) is 9.39. The van der Waals surface area contributed by atoms with Crippen LogP contribution < -0.4 is 0 Å². The van der Waals surface area contributed by atoms with Crippen LogP contribution in [0.2, 0.25) is 0 Å². The van der Waals surface area contributed by atoms with Gasteiger partial charge in [0.2, 0.25) is 0 Å². The van der Waals surface area contributed by atoms with Crippen molar-refractivity contribution in [2.24, 2.45) is 0 Å². The van der Waals surface area contributed by atoms with Crippen molar-refractivity contribution in [1.29, 1.82) is 0 Å². The highest BCUT2D eigenvalue weighted by atomic mass is 79.9. The molecule has 1 heterocycles. The summed E-state index contributed by atoms with van der Waals surface area (Å²) in [6, 6.07) is 27.2. The molecule has 1 aliphatic rings. The van der Waals surface area contributed by atoms with E-state index in [2.05, 4.69) is 90.4 Å². The molecule has 0 unspecified atom stereocenters. The summed E-state index contributed by atoms with van der Waals surface area (Å²) >= 11 is 3.54. The number of hydrogen-bond donors (Lipinski definition) is 0. The molecule has 28 heavy (non-hydrogen) atoms. The smallest absolute Gasteiger partial charge is 0.160 e. The first-order chi connectivity index (χ1) is 13.6. The fourth-order valence-electron chi connectivity index (χ4n) is 4.15. The Bertz CT molecular complexity index is 1180. The van der Waals surface area contributed by atoms with Gasteiger partial charge in [0.1, 0.15) is 0 Å². The van der Waals surface area contributed by atoms with E-state index in [-0.39, 0.29) is 5.41 Å². The average molecular weight is 427 g/mol. The molecule has 1 aromatic heterocycles. The molecule has 2 nitrogen and oxygen atoms in total. The van der Waals surface area contributed by atoms with E-state index >= 15 is 0 Å². The van der Waals surface area contributed by atoms with E-state index in [4.69, 9.17) is 9.97 Å². The minimum Gasteiger partial charge on any atom is -0.228 e. The van der Waals surface area contributed by atoms with Gasteiger partial charge in [-0.15, -0.1) is 0 Å². The second kappa shape index (κ2) is 6.39. The Morgan fingerprint density at radius 1 is 0.679 bits per heavy atom. The Morgan fingerprint density at radius 2 is 1.32 bits per heavy atom. The Morgan fingerprint density at radius 3 is 2.07 bits per heavy atom. The summed E-state index contributed by atoms with van der Waals surface area (Å²) < 4.78 is 1.06. The summed E-state index contributed by atoms with van der Waals surface area (Å²) in [6.07, 6.45) is 0. The van der Waals surface area contributed by atoms with Crippen molar-refractivity contribution in [3.8, 4) is 33.9 Å². The van der Waals surface area contributed by atoms with Gasteiger partial charge in [0.25, 0.3) is 0 Å². The first kappa shape index (κ1) is 17.3. The van der Waals surface area contributed by atoms with E-state index in [1.807, 2.05) is 18.2 Å². The van der Waals surface area contributed by atoms with E-state index in [1.165, 1.54) is 16.7 Å². The van der Waals surface area contributed by atoms with Gasteiger partial charge in [-0.05, 0) is 17.7 Å². The molecule has 0 amide bonds. The molecule has 0 aliphatic heterocycles. The Hall–Kier alpha value is -2.78. The summed E-state index contributed by atoms with van der Waals surface area (Å²) in [5, 5.41) is 0. The van der Waals surface area contributed by atoms with Crippen molar-refractivity contribution in [3.63, 3.8) is 0 Å². The maximum atomic E-state index is 5.07. The minimum absolute atomic E-state index is 0.149. The monoisotopic (exact) mass is 426 g/mol. The Kier molecular flexibility index (Phi) is 3.95. The highest BCUT2D eigenvalue weighted by Crippen LogP contribution is 2.51. The molecule has 1 aliphatic carbocycles. The molecule has 0 N–H and O–H groups in total. The number of hydrogen-bond acceptors (Lipinski definition) is 2. The number of rotatable bonds is 2. The van der Waals surface area contributed by atoms with Gasteiger partial charge >= 0.3 is 0 Å². The fourth-order valence-corrected chi connectivity index (χ4v) is 4.41. The molecule has 3 heteroatoms. The number of benzene rings is 3. The third-order valence-electron chi connectivity index (χ3n) is 5.54. The van der Waals surface area contributed by atoms with Crippen LogP contribution in [0.15, 0.2) is 83.3 Å². The standard InChI is InChI=1S/C25H19BrN2/c1-25(2)20-11-7-6-10-19(20)23-21(25)22(16-12-14-18(26)15-13-16)27-24(28-23)17-8-4-3-5-9-17/h3-15H,1-2H3. The van der Waals surface area contributed by atoms with E-state index in [0.29, 0.717) is 0 Å². The fraction of sp³-hybridized carbons (Fsp3) is 0.120. The van der Waals surface area contributed by atoms with Crippen molar-refractivity contribution in [2.75, 3.05) is 0 Å². The lowest BCUT2D eigenvalue weighted by Gasteiger charge is -2.23. The average Bonchev–Trinajstić information content (AvgIpc) is 2.96. The molecule has 0 fully saturated rings. The van der Waals surface area contributed by atoms with Crippen molar-refractivity contribution in [2.45, 2.75) is 19.3 Å². The zero-order valence-electron chi connectivity index (χ0n) is 15.8. The first-order valence-corrected chi connectivity index (χ1v) is 10.2. The Labute approximate surface area is 173 Å². The molecular formula is C25H19BrN2. The zero-order valence-corrected chi connectivity index (χ0v) is 17.4. The van der Waals surface area contributed by atoms with Crippen LogP contribution in [0.5, 0.6) is 0 Å². The minimum atomic E-state index is -0.149. The molecule has 0 radical (unpaired) electrons. The SMILES string of the molecule is CC1(C)c2ccccc2-c2nc(-c3ccccc3)nc(-c3ccc(Br)cc3)c21. The summed E-state index contributed by atoms with van der Waals surface area (Å²) in [5.74, 6) is 0.768. The summed E-state index contributed by atoms with van der Waals surface area (Å²) in [6.45, 7) is 4.54. The lowest BCUT2D eigenvalue weighted by atomic mass is 9.81. The van der Waals surface area contributed by atoms with Gasteiger partial charge in [0.05, 0.1) is 11.4 Å². The van der Waals surface area contributed by atoms with E-state index < -0.39 is 0 Å². The molecule has 0 atom stereocenters. The third kappa shape index (κ3) is 2.61. The van der Waals surface area contributed by atoms with Gasteiger partial charge in [-0.1, -0.05) is 96.5 Å². The zero-order chi connectivity index (χ0) is 19.3. The van der Waals surface area contributed by atoms with Gasteiger partial charge in [-0.25, -0.2) is 9.97 Å². The second-order valence-corrected chi connectivity index (χ2v) is 8.58. The van der Waals surface area contributed by atoms with E-state index in [1.54, 1.807) is 0 Å². The predicted octanol–water partition coefficient (Wildman–Crippen LogP) is 6.88. The molecule has 136 valence electrons. The Balaban J connectivity index is 1.86. The van der Waals surface area contributed by atoms with Crippen LogP contribution in [-0.2, 0) is 5.41 Å². The lowest BCUT2D eigenvalue weighted by Crippen LogP contribution is -2.17. The van der Waals surface area contributed by atoms with Crippen LogP contribution in [0, 0.1) is 0 Å². The number of nitrogens with zero attached hydrogens (tertiary/aromatic N) is 2. The largest absolute Gasteiger partial charge is 0.228 e. The normalized spacial score (nSPS) is 13.8. The molecule has 0 saturated heterocycles. The van der Waals surface area contributed by atoms with Crippen LogP contribution in [0.25, 0.3) is 33.9 Å². The van der Waals surface area contributed by atoms with Crippen molar-refractivity contribution in [1.82, 2.24) is 9.97 Å². The molecule has 3 aromatic carbocycles. The molecular weight excluding hydrogens is 408 g/mol. The maximum Gasteiger partial charge on any atom is 0.160 e. The molecule has 0 spiro atoms. The summed E-state index contributed by atoms with van der Waals surface area (Å²) in [7, 11) is 0. The van der Waals surface area contributed by atoms with Crippen molar-refractivity contribution < 1.29 is 0 Å². The second-order valence-electron chi connectivity index (χ2n) is 7.66. The number of aromatic nitrogens is 2. The number of halogens is 1. The van der Waals surface area contributed by atoms with Crippen molar-refractivity contribution >= 4 is 15.9 Å². The van der Waals surface area contributed by atoms with Crippen LogP contribution in [0.4, 0.5) is 0 Å². The van der Waals surface area contributed by atoms with Gasteiger partial charge in [-0.3, -0.25) is 0 Å². The molecule has 0 saturated carbocycles. The van der Waals surface area contributed by atoms with Gasteiger partial charge < -0.3 is 0 Å². The van der Waals surface area contributed by atoms with Crippen LogP contribution in [0.1, 0.15) is 25.0 Å². The van der Waals surface area contributed by atoms with E-state index in [9.17, 15) is 0 Å². The highest BCUT2D eigenvalue weighted by molar-refractivity contribution is 9.10. The third-order valence-corrected chi connectivity index (χ3v) is 6.07. The quantitative estimate of drug-likeness (QED) is 0.349. The van der Waals surface area contributed by atoms with Crippen molar-refractivity contribution in [3.05, 3.63) is 94.5 Å². The molecule has 4 aromatic rings. The predicted molar refractivity (Wildman–Crippen MR) is 118 cm³/mol. The molecule has 5 rings (SSSR count). The van der Waals surface area contributed by atoms with Crippen LogP contribution in [0.3, 0.4) is 0 Å². The molecule has 0 bridgehead atoms. The summed E-state index contributed by atoms with van der Waals surface area (Å²) in [4.78, 5) is 10.1. The maximum absolute atomic E-state index is 5.07. The number of fused-ring (bicyclic) bond motifs is 3. The van der Waals surface area contributed by atoms with Gasteiger partial charge in [0, 0.05) is 32.1 Å². The van der Waals surface area contributed by atoms with Gasteiger partial charge in [0.15, 0.2) is 5.82 Å².